The van der Waals surface area contributed by atoms with Crippen LogP contribution in [0.1, 0.15) is 48.2 Å². The van der Waals surface area contributed by atoms with E-state index in [1.165, 1.54) is 9.36 Å². The highest BCUT2D eigenvalue weighted by Crippen LogP contribution is 2.47. The molecule has 0 bridgehead atoms. The van der Waals surface area contributed by atoms with Crippen molar-refractivity contribution in [2.24, 2.45) is 14.1 Å². The van der Waals surface area contributed by atoms with Crippen LogP contribution in [-0.4, -0.2) is 42.0 Å². The normalized spacial score (nSPS) is 26.6. The monoisotopic (exact) mass is 336 g/mol. The lowest BCUT2D eigenvalue weighted by Gasteiger charge is -2.46. The predicted octanol–water partition coefficient (Wildman–Crippen LogP) is -0.532. The smallest absolute Gasteiger partial charge is 0.270 e. The maximum absolute atomic E-state index is 12.3. The van der Waals surface area contributed by atoms with Crippen LogP contribution in [0.3, 0.4) is 0 Å². The highest BCUT2D eigenvalue weighted by Gasteiger charge is 2.54. The third-order valence-corrected chi connectivity index (χ3v) is 5.17. The molecular weight excluding hydrogens is 312 g/mol. The van der Waals surface area contributed by atoms with Gasteiger partial charge >= 0.3 is 0 Å². The SMILES string of the molecule is CCc1[nH]n(C)c(=O)c1C1C(O)C(c2c(CC)[nH]n(C)c2=O)C1O. The molecule has 0 saturated heterocycles. The number of aromatic amines is 2. The van der Waals surface area contributed by atoms with Gasteiger partial charge in [-0.2, -0.15) is 0 Å². The summed E-state index contributed by atoms with van der Waals surface area (Å²) >= 11 is 0. The molecule has 2 aromatic heterocycles. The highest BCUT2D eigenvalue weighted by molar-refractivity contribution is 5.38. The Morgan fingerprint density at radius 2 is 1.17 bits per heavy atom. The molecule has 4 N–H and O–H groups in total. The standard InChI is InChI=1S/C16H24N4O4/c1-5-7-9(15(23)19(3)17-7)11-13(21)12(14(11)22)10-8(6-2)18-20(4)16(10)24/h11-14,17-18,21-22H,5-6H2,1-4H3. The summed E-state index contributed by atoms with van der Waals surface area (Å²) in [6.07, 6.45) is -0.749. The van der Waals surface area contributed by atoms with Crippen molar-refractivity contribution >= 4 is 0 Å². The fraction of sp³-hybridized carbons (Fsp3) is 0.625. The van der Waals surface area contributed by atoms with E-state index >= 15 is 0 Å². The molecule has 1 saturated carbocycles. The number of aliphatic hydroxyl groups excluding tert-OH is 2. The number of hydrogen-bond donors (Lipinski definition) is 4. The summed E-state index contributed by atoms with van der Waals surface area (Å²) in [4.78, 5) is 24.7. The summed E-state index contributed by atoms with van der Waals surface area (Å²) in [5, 5.41) is 27.2. The van der Waals surface area contributed by atoms with Gasteiger partial charge in [0.25, 0.3) is 11.1 Å². The van der Waals surface area contributed by atoms with Gasteiger partial charge in [0, 0.05) is 48.4 Å². The fourth-order valence-electron chi connectivity index (χ4n) is 3.86. The maximum atomic E-state index is 12.3. The van der Waals surface area contributed by atoms with Gasteiger partial charge in [-0.1, -0.05) is 13.8 Å². The first-order chi connectivity index (χ1) is 11.3. The second-order valence-corrected chi connectivity index (χ2v) is 6.48. The van der Waals surface area contributed by atoms with Gasteiger partial charge in [-0.3, -0.25) is 29.2 Å². The molecule has 0 atom stereocenters. The van der Waals surface area contributed by atoms with E-state index in [-0.39, 0.29) is 11.1 Å². The fourth-order valence-corrected chi connectivity index (χ4v) is 3.86. The van der Waals surface area contributed by atoms with Crippen molar-refractivity contribution in [3.05, 3.63) is 43.2 Å². The Bertz CT molecular complexity index is 792. The average Bonchev–Trinajstić information content (AvgIpc) is 3.00. The number of rotatable bonds is 4. The van der Waals surface area contributed by atoms with Gasteiger partial charge in [0.2, 0.25) is 0 Å². The number of hydrogen-bond acceptors (Lipinski definition) is 4. The number of aliphatic hydroxyl groups is 2. The molecule has 0 unspecified atom stereocenters. The van der Waals surface area contributed by atoms with E-state index in [1.54, 1.807) is 14.1 Å². The first kappa shape index (κ1) is 16.8. The molecule has 2 aromatic rings. The molecule has 0 radical (unpaired) electrons. The lowest BCUT2D eigenvalue weighted by molar-refractivity contribution is -0.0797. The van der Waals surface area contributed by atoms with E-state index in [1.807, 2.05) is 13.8 Å². The highest BCUT2D eigenvalue weighted by atomic mass is 16.3. The second kappa shape index (κ2) is 5.78. The van der Waals surface area contributed by atoms with Crippen LogP contribution in [0.15, 0.2) is 9.59 Å². The van der Waals surface area contributed by atoms with Crippen LogP contribution in [0, 0.1) is 0 Å². The molecular formula is C16H24N4O4. The van der Waals surface area contributed by atoms with Crippen molar-refractivity contribution in [1.82, 2.24) is 19.6 Å². The Morgan fingerprint density at radius 3 is 1.46 bits per heavy atom. The third-order valence-electron chi connectivity index (χ3n) is 5.17. The molecule has 0 aliphatic heterocycles. The number of nitrogens with zero attached hydrogens (tertiary/aromatic N) is 2. The summed E-state index contributed by atoms with van der Waals surface area (Å²) < 4.78 is 2.71. The molecule has 0 aromatic carbocycles. The largest absolute Gasteiger partial charge is 0.392 e. The Morgan fingerprint density at radius 1 is 0.833 bits per heavy atom. The minimum absolute atomic E-state index is 0.244. The molecule has 3 rings (SSSR count). The molecule has 24 heavy (non-hydrogen) atoms. The summed E-state index contributed by atoms with van der Waals surface area (Å²) in [7, 11) is 3.22. The van der Waals surface area contributed by atoms with Crippen LogP contribution in [-0.2, 0) is 26.9 Å². The molecule has 0 amide bonds. The van der Waals surface area contributed by atoms with Crippen LogP contribution < -0.4 is 11.1 Å². The van der Waals surface area contributed by atoms with E-state index in [9.17, 15) is 19.8 Å². The number of nitrogens with one attached hydrogen (secondary N) is 2. The van der Waals surface area contributed by atoms with Crippen LogP contribution in [0.4, 0.5) is 0 Å². The van der Waals surface area contributed by atoms with Gasteiger partial charge in [-0.05, 0) is 12.8 Å². The van der Waals surface area contributed by atoms with Crippen molar-refractivity contribution in [3.8, 4) is 0 Å². The molecule has 8 heteroatoms. The van der Waals surface area contributed by atoms with Crippen LogP contribution in [0.5, 0.6) is 0 Å². The van der Waals surface area contributed by atoms with E-state index in [0.717, 1.165) is 0 Å². The van der Waals surface area contributed by atoms with Gasteiger partial charge in [-0.25, -0.2) is 0 Å². The molecule has 8 nitrogen and oxygen atoms in total. The quantitative estimate of drug-likeness (QED) is 0.600. The summed E-state index contributed by atoms with van der Waals surface area (Å²) in [5.41, 5.74) is 1.77. The Hall–Kier alpha value is -2.06. The molecule has 1 fully saturated rings. The molecule has 1 aliphatic rings. The lowest BCUT2D eigenvalue weighted by atomic mass is 9.63. The average molecular weight is 336 g/mol. The molecule has 0 spiro atoms. The Labute approximate surface area is 138 Å². The first-order valence-electron chi connectivity index (χ1n) is 8.25. The second-order valence-electron chi connectivity index (χ2n) is 6.48. The zero-order valence-electron chi connectivity index (χ0n) is 14.3. The third kappa shape index (κ3) is 2.13. The maximum Gasteiger partial charge on any atom is 0.270 e. The topological polar surface area (TPSA) is 116 Å². The first-order valence-corrected chi connectivity index (χ1v) is 8.25. The van der Waals surface area contributed by atoms with E-state index in [4.69, 9.17) is 0 Å². The summed E-state index contributed by atoms with van der Waals surface area (Å²) in [6.45, 7) is 3.81. The van der Waals surface area contributed by atoms with Crippen molar-refractivity contribution in [1.29, 1.82) is 0 Å². The number of aromatic nitrogens is 4. The minimum atomic E-state index is -0.970. The van der Waals surface area contributed by atoms with Gasteiger partial charge in [0.05, 0.1) is 12.2 Å². The minimum Gasteiger partial charge on any atom is -0.392 e. The predicted molar refractivity (Wildman–Crippen MR) is 88.3 cm³/mol. The van der Waals surface area contributed by atoms with Crippen molar-refractivity contribution in [2.45, 2.75) is 50.7 Å². The summed E-state index contributed by atoms with van der Waals surface area (Å²) in [5.74, 6) is -1.36. The van der Waals surface area contributed by atoms with Crippen LogP contribution in [0.2, 0.25) is 0 Å². The van der Waals surface area contributed by atoms with Gasteiger partial charge in [0.1, 0.15) is 0 Å². The lowest BCUT2D eigenvalue weighted by Crippen LogP contribution is -2.54. The number of aryl methyl sites for hydroxylation is 4. The van der Waals surface area contributed by atoms with Crippen molar-refractivity contribution in [3.63, 3.8) is 0 Å². The van der Waals surface area contributed by atoms with Crippen molar-refractivity contribution in [2.75, 3.05) is 0 Å². The zero-order valence-corrected chi connectivity index (χ0v) is 14.3. The Balaban J connectivity index is 2.03. The summed E-state index contributed by atoms with van der Waals surface area (Å²) in [6, 6.07) is 0. The van der Waals surface area contributed by atoms with Gasteiger partial charge in [-0.15, -0.1) is 0 Å². The van der Waals surface area contributed by atoms with Gasteiger partial charge in [0.15, 0.2) is 0 Å². The van der Waals surface area contributed by atoms with Crippen molar-refractivity contribution < 1.29 is 10.2 Å². The van der Waals surface area contributed by atoms with Gasteiger partial charge < -0.3 is 10.2 Å². The van der Waals surface area contributed by atoms with E-state index in [2.05, 4.69) is 10.2 Å². The number of H-pyrrole nitrogens is 2. The molecule has 2 heterocycles. The molecule has 132 valence electrons. The van der Waals surface area contributed by atoms with E-state index < -0.39 is 24.0 Å². The van der Waals surface area contributed by atoms with Crippen LogP contribution >= 0.6 is 0 Å². The Kier molecular flexibility index (Phi) is 4.05. The van der Waals surface area contributed by atoms with Crippen LogP contribution in [0.25, 0.3) is 0 Å². The van der Waals surface area contributed by atoms with E-state index in [0.29, 0.717) is 35.4 Å². The zero-order chi connectivity index (χ0) is 17.8. The molecule has 1 aliphatic carbocycles.